The number of rotatable bonds is 2. The van der Waals surface area contributed by atoms with E-state index in [1.54, 1.807) is 0 Å². The number of halogens is 1. The maximum absolute atomic E-state index is 11.5. The van der Waals surface area contributed by atoms with Crippen LogP contribution in [0.5, 0.6) is 0 Å². The molecule has 0 spiro atoms. The summed E-state index contributed by atoms with van der Waals surface area (Å²) >= 11 is 3.05. The highest BCUT2D eigenvalue weighted by Gasteiger charge is 2.05. The van der Waals surface area contributed by atoms with Crippen LogP contribution in [-0.2, 0) is 13.1 Å². The van der Waals surface area contributed by atoms with Crippen molar-refractivity contribution >= 4 is 15.9 Å². The molecule has 0 fully saturated rings. The molecule has 13 heavy (non-hydrogen) atoms. The quantitative estimate of drug-likeness (QED) is 0.776. The lowest BCUT2D eigenvalue weighted by Gasteiger charge is -2.11. The van der Waals surface area contributed by atoms with Crippen molar-refractivity contribution in [3.05, 3.63) is 31.2 Å². The molecular formula is C8H11BrN2O2. The molecule has 0 aliphatic heterocycles. The van der Waals surface area contributed by atoms with E-state index in [1.807, 2.05) is 13.8 Å². The first-order valence-electron chi connectivity index (χ1n) is 4.12. The number of hydrogen-bond acceptors (Lipinski definition) is 2. The lowest BCUT2D eigenvalue weighted by Crippen LogP contribution is -2.37. The second-order valence-corrected chi connectivity index (χ2v) is 3.42. The van der Waals surface area contributed by atoms with Gasteiger partial charge in [-0.2, -0.15) is 0 Å². The van der Waals surface area contributed by atoms with Crippen molar-refractivity contribution < 1.29 is 0 Å². The van der Waals surface area contributed by atoms with Crippen LogP contribution in [0.2, 0.25) is 0 Å². The molecule has 0 N–H and O–H groups in total. The SMILES string of the molecule is CCn1c(=O)cc(Br)c(=O)n1CC. The Balaban J connectivity index is 3.61. The summed E-state index contributed by atoms with van der Waals surface area (Å²) in [5.41, 5.74) is -0.320. The zero-order valence-electron chi connectivity index (χ0n) is 7.58. The highest BCUT2D eigenvalue weighted by Crippen LogP contribution is 1.97. The predicted octanol–water partition coefficient (Wildman–Crippen LogP) is 0.812. The summed E-state index contributed by atoms with van der Waals surface area (Å²) in [6, 6.07) is 1.30. The van der Waals surface area contributed by atoms with Crippen LogP contribution in [-0.4, -0.2) is 9.36 Å². The Labute approximate surface area is 83.9 Å². The normalized spacial score (nSPS) is 10.4. The minimum absolute atomic E-state index is 0.157. The molecule has 0 aromatic carbocycles. The first-order valence-corrected chi connectivity index (χ1v) is 4.91. The molecule has 1 rings (SSSR count). The standard InChI is InChI=1S/C8H11BrN2O2/c1-3-10-7(12)5-6(9)8(13)11(10)4-2/h5H,3-4H2,1-2H3. The Morgan fingerprint density at radius 2 is 1.77 bits per heavy atom. The molecule has 72 valence electrons. The first-order chi connectivity index (χ1) is 6.11. The summed E-state index contributed by atoms with van der Waals surface area (Å²) < 4.78 is 3.17. The van der Waals surface area contributed by atoms with E-state index in [4.69, 9.17) is 0 Å². The smallest absolute Gasteiger partial charge is 0.268 e. The van der Waals surface area contributed by atoms with E-state index in [0.29, 0.717) is 17.6 Å². The van der Waals surface area contributed by atoms with Crippen LogP contribution in [0.1, 0.15) is 13.8 Å². The fraction of sp³-hybridized carbons (Fsp3) is 0.500. The van der Waals surface area contributed by atoms with Gasteiger partial charge in [0.25, 0.3) is 11.1 Å². The molecule has 0 aliphatic rings. The van der Waals surface area contributed by atoms with Gasteiger partial charge >= 0.3 is 0 Å². The molecule has 1 heterocycles. The van der Waals surface area contributed by atoms with Crippen LogP contribution in [0, 0.1) is 0 Å². The lowest BCUT2D eigenvalue weighted by atomic mass is 10.5. The van der Waals surface area contributed by atoms with E-state index in [-0.39, 0.29) is 11.1 Å². The Hall–Kier alpha value is -0.840. The largest absolute Gasteiger partial charge is 0.279 e. The zero-order chi connectivity index (χ0) is 10.0. The molecule has 0 bridgehead atoms. The molecule has 0 atom stereocenters. The average molecular weight is 247 g/mol. The summed E-state index contributed by atoms with van der Waals surface area (Å²) in [4.78, 5) is 22.9. The van der Waals surface area contributed by atoms with Gasteiger partial charge in [-0.15, -0.1) is 0 Å². The molecule has 0 radical (unpaired) electrons. The number of aromatic nitrogens is 2. The molecule has 0 saturated heterocycles. The summed E-state index contributed by atoms with van der Waals surface area (Å²) in [6.07, 6.45) is 0. The molecule has 0 aliphatic carbocycles. The third-order valence-electron chi connectivity index (χ3n) is 1.83. The van der Waals surface area contributed by atoms with Crippen LogP contribution >= 0.6 is 15.9 Å². The Morgan fingerprint density at radius 1 is 1.23 bits per heavy atom. The molecular weight excluding hydrogens is 236 g/mol. The van der Waals surface area contributed by atoms with Gasteiger partial charge in [0.2, 0.25) is 0 Å². The van der Waals surface area contributed by atoms with Gasteiger partial charge < -0.3 is 0 Å². The zero-order valence-corrected chi connectivity index (χ0v) is 9.17. The topological polar surface area (TPSA) is 44.0 Å². The summed E-state index contributed by atoms with van der Waals surface area (Å²) in [7, 11) is 0. The van der Waals surface area contributed by atoms with Gasteiger partial charge in [0, 0.05) is 19.2 Å². The van der Waals surface area contributed by atoms with Gasteiger partial charge in [0.05, 0.1) is 4.47 Å². The summed E-state index contributed by atoms with van der Waals surface area (Å²) in [5.74, 6) is 0. The van der Waals surface area contributed by atoms with E-state index in [2.05, 4.69) is 15.9 Å². The third kappa shape index (κ3) is 1.75. The summed E-state index contributed by atoms with van der Waals surface area (Å²) in [5, 5.41) is 0. The molecule has 4 nitrogen and oxygen atoms in total. The van der Waals surface area contributed by atoms with E-state index < -0.39 is 0 Å². The van der Waals surface area contributed by atoms with Crippen LogP contribution in [0.3, 0.4) is 0 Å². The van der Waals surface area contributed by atoms with Crippen LogP contribution in [0.4, 0.5) is 0 Å². The van der Waals surface area contributed by atoms with Crippen LogP contribution < -0.4 is 11.1 Å². The third-order valence-corrected chi connectivity index (χ3v) is 2.40. The Morgan fingerprint density at radius 3 is 2.23 bits per heavy atom. The molecule has 0 amide bonds. The second-order valence-electron chi connectivity index (χ2n) is 2.57. The molecule has 0 saturated carbocycles. The van der Waals surface area contributed by atoms with Crippen molar-refractivity contribution in [2.75, 3.05) is 0 Å². The number of hydrogen-bond donors (Lipinski definition) is 0. The van der Waals surface area contributed by atoms with Gasteiger partial charge in [-0.1, -0.05) is 0 Å². The molecule has 1 aromatic rings. The predicted molar refractivity (Wildman–Crippen MR) is 54.0 cm³/mol. The minimum atomic E-state index is -0.163. The second kappa shape index (κ2) is 3.91. The maximum Gasteiger partial charge on any atom is 0.279 e. The van der Waals surface area contributed by atoms with E-state index in [9.17, 15) is 9.59 Å². The van der Waals surface area contributed by atoms with Crippen LogP contribution in [0.15, 0.2) is 20.1 Å². The van der Waals surface area contributed by atoms with Gasteiger partial charge in [-0.25, -0.2) is 9.36 Å². The maximum atomic E-state index is 11.5. The minimum Gasteiger partial charge on any atom is -0.268 e. The van der Waals surface area contributed by atoms with Gasteiger partial charge in [-0.3, -0.25) is 9.59 Å². The van der Waals surface area contributed by atoms with Crippen molar-refractivity contribution in [1.29, 1.82) is 0 Å². The highest BCUT2D eigenvalue weighted by atomic mass is 79.9. The van der Waals surface area contributed by atoms with E-state index in [1.165, 1.54) is 15.4 Å². The monoisotopic (exact) mass is 246 g/mol. The van der Waals surface area contributed by atoms with Crippen molar-refractivity contribution in [2.24, 2.45) is 0 Å². The van der Waals surface area contributed by atoms with Crippen molar-refractivity contribution in [2.45, 2.75) is 26.9 Å². The molecule has 1 aromatic heterocycles. The lowest BCUT2D eigenvalue weighted by molar-refractivity contribution is 0.440. The van der Waals surface area contributed by atoms with Crippen molar-refractivity contribution in [3.8, 4) is 0 Å². The molecule has 0 unspecified atom stereocenters. The van der Waals surface area contributed by atoms with Crippen molar-refractivity contribution in [1.82, 2.24) is 9.36 Å². The van der Waals surface area contributed by atoms with E-state index in [0.717, 1.165) is 0 Å². The fourth-order valence-electron chi connectivity index (χ4n) is 1.24. The first kappa shape index (κ1) is 10.2. The average Bonchev–Trinajstić information content (AvgIpc) is 2.10. The number of nitrogens with zero attached hydrogens (tertiary/aromatic N) is 2. The fourth-order valence-corrected chi connectivity index (χ4v) is 1.64. The van der Waals surface area contributed by atoms with Gasteiger partial charge in [-0.05, 0) is 29.8 Å². The summed E-state index contributed by atoms with van der Waals surface area (Å²) in [6.45, 7) is 4.68. The van der Waals surface area contributed by atoms with Crippen molar-refractivity contribution in [3.63, 3.8) is 0 Å². The molecule has 5 heteroatoms. The Bertz CT molecular complexity index is 419. The van der Waals surface area contributed by atoms with Crippen LogP contribution in [0.25, 0.3) is 0 Å². The van der Waals surface area contributed by atoms with Gasteiger partial charge in [0.15, 0.2) is 0 Å². The van der Waals surface area contributed by atoms with E-state index >= 15 is 0 Å². The van der Waals surface area contributed by atoms with Gasteiger partial charge in [0.1, 0.15) is 0 Å². The Kier molecular flexibility index (Phi) is 3.08. The highest BCUT2D eigenvalue weighted by molar-refractivity contribution is 9.10.